The normalized spacial score (nSPS) is 15.7. The number of thiazole rings is 1. The van der Waals surface area contributed by atoms with Gasteiger partial charge in [-0.25, -0.2) is 9.98 Å². The molecule has 5 rings (SSSR count). The van der Waals surface area contributed by atoms with Gasteiger partial charge in [0, 0.05) is 23.5 Å². The van der Waals surface area contributed by atoms with Crippen molar-refractivity contribution in [3.05, 3.63) is 70.4 Å². The first kappa shape index (κ1) is 21.1. The van der Waals surface area contributed by atoms with Crippen LogP contribution in [0.4, 0.5) is 5.69 Å². The highest BCUT2D eigenvalue weighted by atomic mass is 32.1. The van der Waals surface area contributed by atoms with Gasteiger partial charge in [-0.15, -0.1) is 11.3 Å². The highest BCUT2D eigenvalue weighted by Gasteiger charge is 2.27. The van der Waals surface area contributed by atoms with E-state index in [2.05, 4.69) is 15.3 Å². The number of carbonyl (C=O) groups is 2. The van der Waals surface area contributed by atoms with E-state index in [1.54, 1.807) is 28.4 Å². The molecule has 1 fully saturated rings. The molecule has 9 heteroatoms. The molecule has 1 saturated carbocycles. The number of aryl methyl sites for hydroxylation is 1. The van der Waals surface area contributed by atoms with Crippen LogP contribution in [0.2, 0.25) is 0 Å². The van der Waals surface area contributed by atoms with Gasteiger partial charge in [0.2, 0.25) is 5.91 Å². The zero-order valence-electron chi connectivity index (χ0n) is 18.1. The van der Waals surface area contributed by atoms with Gasteiger partial charge in [0.1, 0.15) is 11.6 Å². The Kier molecular flexibility index (Phi) is 5.55. The number of benzene rings is 2. The number of para-hydroxylation sites is 1. The average molecular weight is 462 g/mol. The zero-order chi connectivity index (χ0) is 22.9. The highest BCUT2D eigenvalue weighted by molar-refractivity contribution is 7.18. The zero-order valence-corrected chi connectivity index (χ0v) is 18.9. The number of amidine groups is 1. The number of ether oxygens (including phenoxy) is 1. The molecule has 0 radical (unpaired) electrons. The number of aliphatic imine (C=N–C) groups is 1. The molecule has 2 aliphatic rings. The van der Waals surface area contributed by atoms with Gasteiger partial charge in [0.25, 0.3) is 11.9 Å². The molecule has 168 valence electrons. The molecule has 0 unspecified atom stereocenters. The summed E-state index contributed by atoms with van der Waals surface area (Å²) in [6.07, 6.45) is 3.46. The van der Waals surface area contributed by atoms with E-state index in [0.717, 1.165) is 39.3 Å². The van der Waals surface area contributed by atoms with Crippen LogP contribution in [0.15, 0.2) is 59.2 Å². The molecule has 8 nitrogen and oxygen atoms in total. The summed E-state index contributed by atoms with van der Waals surface area (Å²) in [4.78, 5) is 35.2. The number of hydrogen-bond acceptors (Lipinski definition) is 7. The summed E-state index contributed by atoms with van der Waals surface area (Å²) in [5.74, 6) is -0.662. The number of aromatic nitrogens is 1. The monoisotopic (exact) mass is 461 g/mol. The summed E-state index contributed by atoms with van der Waals surface area (Å²) in [6.45, 7) is 2.36. The fourth-order valence-electron chi connectivity index (χ4n) is 3.57. The molecule has 1 aromatic heterocycles. The third kappa shape index (κ3) is 4.58. The molecule has 3 N–H and O–H groups in total. The van der Waals surface area contributed by atoms with Crippen molar-refractivity contribution in [2.75, 3.05) is 11.4 Å². The van der Waals surface area contributed by atoms with Gasteiger partial charge in [-0.05, 0) is 49.6 Å². The molecular weight excluding hydrogens is 438 g/mol. The largest absolute Gasteiger partial charge is 0.457 e. The van der Waals surface area contributed by atoms with Crippen LogP contribution in [0, 0.1) is 6.92 Å². The van der Waals surface area contributed by atoms with Gasteiger partial charge >= 0.3 is 0 Å². The van der Waals surface area contributed by atoms with Crippen LogP contribution >= 0.6 is 11.3 Å². The maximum atomic E-state index is 12.6. The third-order valence-electron chi connectivity index (χ3n) is 5.54. The maximum Gasteiger partial charge on any atom is 0.297 e. The van der Waals surface area contributed by atoms with Gasteiger partial charge in [0.15, 0.2) is 0 Å². The first-order chi connectivity index (χ1) is 16.0. The standard InChI is InChI=1S/C24H23N5O3S/c1-14-6-7-15(23(31)27-17-8-9-17)10-19(14)29-12-16(22(25)30)11-26-24(29)32-13-21-28-18-4-2-3-5-20(18)33-21/h2-7,10-11,17H,8-9,12-13H2,1H3,(H2,25,30)(H,27,31). The molecule has 1 aliphatic heterocycles. The van der Waals surface area contributed by atoms with E-state index in [4.69, 9.17) is 10.5 Å². The van der Waals surface area contributed by atoms with Gasteiger partial charge in [-0.2, -0.15) is 0 Å². The predicted octanol–water partition coefficient (Wildman–Crippen LogP) is 3.26. The van der Waals surface area contributed by atoms with E-state index in [1.165, 1.54) is 6.20 Å². The Bertz CT molecular complexity index is 1280. The lowest BCUT2D eigenvalue weighted by atomic mass is 10.1. The number of anilines is 1. The number of nitrogens with two attached hydrogens (primary N) is 1. The fourth-order valence-corrected chi connectivity index (χ4v) is 4.45. The SMILES string of the molecule is Cc1ccc(C(=O)NC2CC2)cc1N1CC(C(N)=O)=CN=C1OCc1nc2ccccc2s1. The second kappa shape index (κ2) is 8.67. The molecule has 2 aromatic carbocycles. The second-order valence-electron chi connectivity index (χ2n) is 8.13. The Labute approximate surface area is 194 Å². The number of nitrogens with zero attached hydrogens (tertiary/aromatic N) is 3. The maximum absolute atomic E-state index is 12.6. The molecular formula is C24H23N5O3S. The Hall–Kier alpha value is -3.72. The molecule has 33 heavy (non-hydrogen) atoms. The number of carbonyl (C=O) groups excluding carboxylic acids is 2. The Morgan fingerprint density at radius 1 is 1.24 bits per heavy atom. The lowest BCUT2D eigenvalue weighted by Crippen LogP contribution is -2.39. The molecule has 0 saturated heterocycles. The van der Waals surface area contributed by atoms with E-state index >= 15 is 0 Å². The average Bonchev–Trinajstić information content (AvgIpc) is 3.53. The predicted molar refractivity (Wildman–Crippen MR) is 128 cm³/mol. The van der Waals surface area contributed by atoms with Gasteiger partial charge < -0.3 is 15.8 Å². The van der Waals surface area contributed by atoms with Crippen LogP contribution in [0.25, 0.3) is 10.2 Å². The van der Waals surface area contributed by atoms with Crippen molar-refractivity contribution in [3.8, 4) is 0 Å². The van der Waals surface area contributed by atoms with Crippen LogP contribution in [0.5, 0.6) is 0 Å². The van der Waals surface area contributed by atoms with E-state index in [-0.39, 0.29) is 25.1 Å². The van der Waals surface area contributed by atoms with Gasteiger partial charge in [-0.1, -0.05) is 18.2 Å². The summed E-state index contributed by atoms with van der Waals surface area (Å²) >= 11 is 1.56. The fraction of sp³-hybridized carbons (Fsp3) is 0.250. The molecule has 3 aromatic rings. The Balaban J connectivity index is 1.42. The number of nitrogens with one attached hydrogen (secondary N) is 1. The number of fused-ring (bicyclic) bond motifs is 1. The van der Waals surface area contributed by atoms with Crippen molar-refractivity contribution >= 4 is 45.1 Å². The summed E-state index contributed by atoms with van der Waals surface area (Å²) < 4.78 is 7.13. The quantitative estimate of drug-likeness (QED) is 0.586. The number of rotatable bonds is 6. The van der Waals surface area contributed by atoms with Crippen molar-refractivity contribution in [2.24, 2.45) is 10.7 Å². The molecule has 2 heterocycles. The van der Waals surface area contributed by atoms with Crippen LogP contribution in [0.1, 0.15) is 33.8 Å². The minimum Gasteiger partial charge on any atom is -0.457 e. The van der Waals surface area contributed by atoms with Crippen molar-refractivity contribution < 1.29 is 14.3 Å². The van der Waals surface area contributed by atoms with E-state index in [1.807, 2.05) is 37.3 Å². The minimum atomic E-state index is -0.547. The van der Waals surface area contributed by atoms with Crippen LogP contribution in [-0.4, -0.2) is 35.4 Å². The summed E-state index contributed by atoms with van der Waals surface area (Å²) in [5.41, 5.74) is 8.99. The van der Waals surface area contributed by atoms with E-state index in [0.29, 0.717) is 17.2 Å². The van der Waals surface area contributed by atoms with E-state index in [9.17, 15) is 9.59 Å². The molecule has 0 spiro atoms. The summed E-state index contributed by atoms with van der Waals surface area (Å²) in [7, 11) is 0. The molecule has 1 aliphatic carbocycles. The summed E-state index contributed by atoms with van der Waals surface area (Å²) in [5, 5.41) is 3.82. The van der Waals surface area contributed by atoms with Gasteiger partial charge in [0.05, 0.1) is 22.3 Å². The highest BCUT2D eigenvalue weighted by Crippen LogP contribution is 2.28. The van der Waals surface area contributed by atoms with Gasteiger partial charge in [-0.3, -0.25) is 14.5 Å². The van der Waals surface area contributed by atoms with Crippen molar-refractivity contribution in [2.45, 2.75) is 32.4 Å². The lowest BCUT2D eigenvalue weighted by Gasteiger charge is -2.29. The number of amides is 2. The first-order valence-electron chi connectivity index (χ1n) is 10.7. The number of primary amides is 1. The smallest absolute Gasteiger partial charge is 0.297 e. The molecule has 2 amide bonds. The molecule has 0 bridgehead atoms. The lowest BCUT2D eigenvalue weighted by molar-refractivity contribution is -0.114. The Morgan fingerprint density at radius 2 is 2.06 bits per heavy atom. The topological polar surface area (TPSA) is 110 Å². The van der Waals surface area contributed by atoms with Crippen LogP contribution in [-0.2, 0) is 16.1 Å². The second-order valence-corrected chi connectivity index (χ2v) is 9.24. The van der Waals surface area contributed by atoms with E-state index < -0.39 is 5.91 Å². The van der Waals surface area contributed by atoms with Crippen molar-refractivity contribution in [3.63, 3.8) is 0 Å². The third-order valence-corrected chi connectivity index (χ3v) is 6.55. The summed E-state index contributed by atoms with van der Waals surface area (Å²) in [6, 6.07) is 14.0. The van der Waals surface area contributed by atoms with Crippen molar-refractivity contribution in [1.29, 1.82) is 0 Å². The molecule has 0 atom stereocenters. The van der Waals surface area contributed by atoms with Crippen molar-refractivity contribution in [1.82, 2.24) is 10.3 Å². The Morgan fingerprint density at radius 3 is 2.82 bits per heavy atom. The first-order valence-corrected chi connectivity index (χ1v) is 11.5. The van der Waals surface area contributed by atoms with Crippen LogP contribution < -0.4 is 16.0 Å². The minimum absolute atomic E-state index is 0.115. The van der Waals surface area contributed by atoms with Crippen LogP contribution in [0.3, 0.4) is 0 Å². The number of hydrogen-bond donors (Lipinski definition) is 2.